The normalized spacial score (nSPS) is 17.2. The topological polar surface area (TPSA) is 117 Å². The number of sulfonamides is 1. The molecule has 1 aliphatic rings. The lowest BCUT2D eigenvalue weighted by Gasteiger charge is -2.25. The number of benzene rings is 3. The van der Waals surface area contributed by atoms with Gasteiger partial charge in [-0.3, -0.25) is 19.2 Å². The number of nitrogens with one attached hydrogen (secondary N) is 1. The molecule has 0 aliphatic carbocycles. The van der Waals surface area contributed by atoms with Crippen LogP contribution in [0.25, 0.3) is 5.76 Å². The van der Waals surface area contributed by atoms with E-state index in [1.165, 1.54) is 35.4 Å². The van der Waals surface area contributed by atoms with Crippen LogP contribution in [-0.2, 0) is 19.6 Å². The predicted molar refractivity (Wildman–Crippen MR) is 142 cm³/mol. The third-order valence-corrected chi connectivity index (χ3v) is 8.18. The summed E-state index contributed by atoms with van der Waals surface area (Å²) < 4.78 is 27.9. The van der Waals surface area contributed by atoms with E-state index in [0.717, 1.165) is 11.3 Å². The summed E-state index contributed by atoms with van der Waals surface area (Å²) in [6, 6.07) is 19.6. The number of carbonyl (C=O) groups excluding carboxylic acids is 2. The zero-order valence-electron chi connectivity index (χ0n) is 18.9. The number of halogens is 1. The second-order valence-corrected chi connectivity index (χ2v) is 11.0. The SMILES string of the molecule is O=C1C(=O)N(c2ccc(S(=O)(=O)Nc3nccs3)cc2)C(c2ccc(Cl)cc2)/C1=C(/O)c1ccccc1. The van der Waals surface area contributed by atoms with E-state index in [1.54, 1.807) is 60.0 Å². The number of rotatable bonds is 6. The molecule has 186 valence electrons. The van der Waals surface area contributed by atoms with Gasteiger partial charge in [0, 0.05) is 27.9 Å². The molecule has 1 unspecified atom stereocenters. The Balaban J connectivity index is 1.59. The van der Waals surface area contributed by atoms with Gasteiger partial charge in [-0.05, 0) is 42.0 Å². The fourth-order valence-electron chi connectivity index (χ4n) is 4.04. The van der Waals surface area contributed by atoms with Gasteiger partial charge in [-0.1, -0.05) is 54.1 Å². The number of anilines is 2. The molecule has 1 atom stereocenters. The van der Waals surface area contributed by atoms with Crippen molar-refractivity contribution in [2.75, 3.05) is 9.62 Å². The zero-order valence-corrected chi connectivity index (χ0v) is 21.3. The average molecular weight is 552 g/mol. The van der Waals surface area contributed by atoms with Crippen molar-refractivity contribution < 1.29 is 23.1 Å². The maximum atomic E-state index is 13.3. The molecule has 1 fully saturated rings. The molecule has 1 aromatic heterocycles. The first-order valence-electron chi connectivity index (χ1n) is 10.9. The number of hydrogen-bond donors (Lipinski definition) is 2. The number of carbonyl (C=O) groups is 2. The molecule has 4 aromatic rings. The monoisotopic (exact) mass is 551 g/mol. The maximum absolute atomic E-state index is 13.3. The van der Waals surface area contributed by atoms with Crippen molar-refractivity contribution in [3.8, 4) is 0 Å². The number of nitrogens with zero attached hydrogens (tertiary/aromatic N) is 2. The number of aliphatic hydroxyl groups excluding tert-OH is 1. The molecular formula is C26H18ClN3O5S2. The summed E-state index contributed by atoms with van der Waals surface area (Å²) in [5.41, 5.74) is 1.13. The van der Waals surface area contributed by atoms with Crippen molar-refractivity contribution in [1.29, 1.82) is 0 Å². The first-order chi connectivity index (χ1) is 17.8. The third-order valence-electron chi connectivity index (χ3n) is 5.76. The average Bonchev–Trinajstić information content (AvgIpc) is 3.50. The van der Waals surface area contributed by atoms with Gasteiger partial charge in [-0.15, -0.1) is 11.3 Å². The molecule has 8 nitrogen and oxygen atoms in total. The van der Waals surface area contributed by atoms with E-state index < -0.39 is 27.8 Å². The molecule has 2 N–H and O–H groups in total. The lowest BCUT2D eigenvalue weighted by atomic mass is 9.95. The molecule has 0 bridgehead atoms. The number of thiazole rings is 1. The van der Waals surface area contributed by atoms with Gasteiger partial charge in [-0.2, -0.15) is 0 Å². The van der Waals surface area contributed by atoms with Gasteiger partial charge in [0.1, 0.15) is 5.76 Å². The Bertz CT molecular complexity index is 1600. The predicted octanol–water partition coefficient (Wildman–Crippen LogP) is 5.22. The second-order valence-electron chi connectivity index (χ2n) is 8.02. The first kappa shape index (κ1) is 24.7. The quantitative estimate of drug-likeness (QED) is 0.193. The van der Waals surface area contributed by atoms with Crippen molar-refractivity contribution in [1.82, 2.24) is 4.98 Å². The molecule has 1 saturated heterocycles. The Morgan fingerprint density at radius 2 is 1.65 bits per heavy atom. The number of amides is 1. The molecule has 2 heterocycles. The molecular weight excluding hydrogens is 534 g/mol. The molecule has 5 rings (SSSR count). The minimum absolute atomic E-state index is 0.0460. The van der Waals surface area contributed by atoms with Gasteiger partial charge < -0.3 is 5.11 Å². The highest BCUT2D eigenvalue weighted by Gasteiger charge is 2.47. The Hall–Kier alpha value is -3.99. The fraction of sp³-hybridized carbons (Fsp3) is 0.0385. The molecule has 11 heteroatoms. The number of ketones is 1. The molecule has 0 spiro atoms. The summed E-state index contributed by atoms with van der Waals surface area (Å²) in [4.78, 5) is 31.6. The van der Waals surface area contributed by atoms with Crippen LogP contribution in [0.1, 0.15) is 17.2 Å². The van der Waals surface area contributed by atoms with Crippen LogP contribution in [0.5, 0.6) is 0 Å². The molecule has 37 heavy (non-hydrogen) atoms. The van der Waals surface area contributed by atoms with Crippen LogP contribution in [0, 0.1) is 0 Å². The third kappa shape index (κ3) is 4.74. The van der Waals surface area contributed by atoms with Crippen LogP contribution in [0.15, 0.2) is 101 Å². The largest absolute Gasteiger partial charge is 0.507 e. The summed E-state index contributed by atoms with van der Waals surface area (Å²) in [6.45, 7) is 0. The second kappa shape index (κ2) is 9.81. The Morgan fingerprint density at radius 3 is 2.27 bits per heavy atom. The van der Waals surface area contributed by atoms with Crippen LogP contribution >= 0.6 is 22.9 Å². The van der Waals surface area contributed by atoms with E-state index in [4.69, 9.17) is 11.6 Å². The van der Waals surface area contributed by atoms with Crippen LogP contribution < -0.4 is 9.62 Å². The fourth-order valence-corrected chi connectivity index (χ4v) is 5.96. The zero-order chi connectivity index (χ0) is 26.2. The van der Waals surface area contributed by atoms with E-state index in [1.807, 2.05) is 0 Å². The number of hydrogen-bond acceptors (Lipinski definition) is 7. The van der Waals surface area contributed by atoms with E-state index in [2.05, 4.69) is 9.71 Å². The molecule has 0 radical (unpaired) electrons. The highest BCUT2D eigenvalue weighted by Crippen LogP contribution is 2.42. The summed E-state index contributed by atoms with van der Waals surface area (Å²) >= 11 is 7.20. The standard InChI is InChI=1S/C26H18ClN3O5S2/c27-18-8-6-16(7-9-18)22-21(23(31)17-4-2-1-3-5-17)24(32)25(33)30(22)19-10-12-20(13-11-19)37(34,35)29-26-28-14-15-36-26/h1-15,22,31H,(H,28,29)/b23-21-. The van der Waals surface area contributed by atoms with Crippen molar-refractivity contribution in [2.24, 2.45) is 0 Å². The van der Waals surface area contributed by atoms with Crippen molar-refractivity contribution in [2.45, 2.75) is 10.9 Å². The highest BCUT2D eigenvalue weighted by atomic mass is 35.5. The van der Waals surface area contributed by atoms with Crippen molar-refractivity contribution >= 4 is 61.2 Å². The van der Waals surface area contributed by atoms with Gasteiger partial charge in [0.25, 0.3) is 21.7 Å². The molecule has 1 amide bonds. The van der Waals surface area contributed by atoms with Gasteiger partial charge in [0.2, 0.25) is 0 Å². The van der Waals surface area contributed by atoms with E-state index in [-0.39, 0.29) is 27.0 Å². The molecule has 3 aromatic carbocycles. The van der Waals surface area contributed by atoms with E-state index in [0.29, 0.717) is 16.1 Å². The Kier molecular flexibility index (Phi) is 6.55. The van der Waals surface area contributed by atoms with Gasteiger partial charge in [-0.25, -0.2) is 13.4 Å². The summed E-state index contributed by atoms with van der Waals surface area (Å²) in [5, 5.41) is 13.4. The van der Waals surface area contributed by atoms with Gasteiger partial charge in [0.15, 0.2) is 5.13 Å². The van der Waals surface area contributed by atoms with E-state index >= 15 is 0 Å². The van der Waals surface area contributed by atoms with E-state index in [9.17, 15) is 23.1 Å². The van der Waals surface area contributed by atoms with Crippen LogP contribution in [0.3, 0.4) is 0 Å². The molecule has 1 aliphatic heterocycles. The smallest absolute Gasteiger partial charge is 0.300 e. The minimum Gasteiger partial charge on any atom is -0.507 e. The minimum atomic E-state index is -3.91. The number of aliphatic hydroxyl groups is 1. The highest BCUT2D eigenvalue weighted by molar-refractivity contribution is 7.93. The van der Waals surface area contributed by atoms with Crippen LogP contribution in [0.4, 0.5) is 10.8 Å². The van der Waals surface area contributed by atoms with Crippen LogP contribution in [-0.4, -0.2) is 30.2 Å². The van der Waals surface area contributed by atoms with Gasteiger partial charge >= 0.3 is 0 Å². The lowest BCUT2D eigenvalue weighted by molar-refractivity contribution is -0.132. The number of Topliss-reactive ketones (excluding diaryl/α,β-unsaturated/α-hetero) is 1. The summed E-state index contributed by atoms with van der Waals surface area (Å²) in [6.07, 6.45) is 1.48. The number of aromatic nitrogens is 1. The van der Waals surface area contributed by atoms with Crippen molar-refractivity contribution in [3.05, 3.63) is 112 Å². The van der Waals surface area contributed by atoms with Gasteiger partial charge in [0.05, 0.1) is 16.5 Å². The maximum Gasteiger partial charge on any atom is 0.300 e. The Labute approximate surface area is 221 Å². The Morgan fingerprint density at radius 1 is 0.973 bits per heavy atom. The van der Waals surface area contributed by atoms with Crippen LogP contribution in [0.2, 0.25) is 5.02 Å². The lowest BCUT2D eigenvalue weighted by Crippen LogP contribution is -2.29. The summed E-state index contributed by atoms with van der Waals surface area (Å²) in [7, 11) is -3.91. The summed E-state index contributed by atoms with van der Waals surface area (Å²) in [5.74, 6) is -2.02. The molecule has 0 saturated carbocycles. The van der Waals surface area contributed by atoms with Crippen molar-refractivity contribution in [3.63, 3.8) is 0 Å². The first-order valence-corrected chi connectivity index (χ1v) is 13.6.